The molecule has 2 N–H and O–H groups in total. The fourth-order valence-corrected chi connectivity index (χ4v) is 9.64. The third-order valence-electron chi connectivity index (χ3n) is 11.3. The molecule has 47 heavy (non-hydrogen) atoms. The van der Waals surface area contributed by atoms with E-state index < -0.39 is 12.0 Å². The van der Waals surface area contributed by atoms with E-state index in [1.54, 1.807) is 30.3 Å². The van der Waals surface area contributed by atoms with Gasteiger partial charge in [0.25, 0.3) is 6.43 Å². The first-order valence-electron chi connectivity index (χ1n) is 17.4. The predicted octanol–water partition coefficient (Wildman–Crippen LogP) is 5.16. The smallest absolute Gasteiger partial charge is 0.296 e. The van der Waals surface area contributed by atoms with E-state index in [-0.39, 0.29) is 23.3 Å². The van der Waals surface area contributed by atoms with Crippen molar-refractivity contribution < 1.29 is 28.2 Å². The third kappa shape index (κ3) is 6.36. The van der Waals surface area contributed by atoms with Crippen molar-refractivity contribution in [1.29, 1.82) is 0 Å². The van der Waals surface area contributed by atoms with Gasteiger partial charge in [0, 0.05) is 31.1 Å². The first-order chi connectivity index (χ1) is 22.7. The number of rotatable bonds is 10. The molecule has 3 heterocycles. The van der Waals surface area contributed by atoms with Crippen LogP contribution in [0.4, 0.5) is 14.7 Å². The molecule has 252 valence electrons. The van der Waals surface area contributed by atoms with Crippen LogP contribution in [0.5, 0.6) is 5.88 Å². The maximum Gasteiger partial charge on any atom is 0.296 e. The number of hydrogen-bond acceptors (Lipinski definition) is 9. The van der Waals surface area contributed by atoms with Gasteiger partial charge in [0.2, 0.25) is 11.8 Å². The van der Waals surface area contributed by atoms with E-state index in [0.29, 0.717) is 85.7 Å². The molecule has 0 spiro atoms. The van der Waals surface area contributed by atoms with Crippen LogP contribution < -0.4 is 15.0 Å². The van der Waals surface area contributed by atoms with Crippen molar-refractivity contribution in [1.82, 2.24) is 24.8 Å². The summed E-state index contributed by atoms with van der Waals surface area (Å²) in [5, 5.41) is 14.7. The van der Waals surface area contributed by atoms with E-state index in [1.165, 1.54) is 11.0 Å². The van der Waals surface area contributed by atoms with Gasteiger partial charge in [-0.3, -0.25) is 9.36 Å². The Morgan fingerprint density at radius 1 is 1.04 bits per heavy atom. The van der Waals surface area contributed by atoms with Crippen LogP contribution in [-0.2, 0) is 9.53 Å². The zero-order valence-electron chi connectivity index (χ0n) is 26.8. The second kappa shape index (κ2) is 12.3. The Bertz CT molecular complexity index is 1600. The quantitative estimate of drug-likeness (QED) is 0.307. The lowest BCUT2D eigenvalue weighted by Crippen LogP contribution is -2.65. The Kier molecular flexibility index (Phi) is 8.16. The molecule has 10 nitrogen and oxygen atoms in total. The molecule has 4 bridgehead atoms. The molecular formula is C35H44F2N6O4. The highest BCUT2D eigenvalue weighted by Gasteiger charge is 2.57. The van der Waals surface area contributed by atoms with E-state index in [0.717, 1.165) is 57.8 Å². The normalized spacial score (nSPS) is 32.0. The first-order valence-corrected chi connectivity index (χ1v) is 17.4. The van der Waals surface area contributed by atoms with Crippen LogP contribution in [0.1, 0.15) is 82.9 Å². The minimum atomic E-state index is -2.79. The van der Waals surface area contributed by atoms with Gasteiger partial charge in [-0.2, -0.15) is 9.97 Å². The Hall–Kier alpha value is -3.22. The van der Waals surface area contributed by atoms with Crippen LogP contribution in [-0.4, -0.2) is 80.5 Å². The monoisotopic (exact) mass is 650 g/mol. The molecular weight excluding hydrogens is 606 g/mol. The van der Waals surface area contributed by atoms with Crippen LogP contribution >= 0.6 is 0 Å². The van der Waals surface area contributed by atoms with Gasteiger partial charge in [0.05, 0.1) is 36.4 Å². The number of imidazole rings is 1. The van der Waals surface area contributed by atoms with Gasteiger partial charge in [0.15, 0.2) is 5.82 Å². The van der Waals surface area contributed by atoms with E-state index >= 15 is 0 Å². The highest BCUT2D eigenvalue weighted by molar-refractivity contribution is 5.81. The molecule has 3 aromatic rings. The summed E-state index contributed by atoms with van der Waals surface area (Å²) >= 11 is 0. The summed E-state index contributed by atoms with van der Waals surface area (Å²) < 4.78 is 41.8. The van der Waals surface area contributed by atoms with E-state index in [4.69, 9.17) is 19.4 Å². The number of benzene rings is 1. The second-order valence-electron chi connectivity index (χ2n) is 14.9. The molecule has 5 saturated carbocycles. The van der Waals surface area contributed by atoms with Gasteiger partial charge < -0.3 is 24.8 Å². The number of aliphatic hydroxyl groups is 1. The van der Waals surface area contributed by atoms with Crippen molar-refractivity contribution in [2.24, 2.45) is 17.8 Å². The van der Waals surface area contributed by atoms with Gasteiger partial charge in [-0.25, -0.2) is 13.8 Å². The number of alkyl halides is 2. The summed E-state index contributed by atoms with van der Waals surface area (Å²) in [6.45, 7) is 2.62. The zero-order chi connectivity index (χ0) is 32.2. The summed E-state index contributed by atoms with van der Waals surface area (Å²) in [7, 11) is 0. The fourth-order valence-electron chi connectivity index (χ4n) is 9.64. The highest BCUT2D eigenvalue weighted by Crippen LogP contribution is 2.57. The largest absolute Gasteiger partial charge is 0.474 e. The number of hydrogen-bond donors (Lipinski definition) is 2. The maximum absolute atomic E-state index is 14.2. The Morgan fingerprint density at radius 2 is 1.79 bits per heavy atom. The summed E-state index contributed by atoms with van der Waals surface area (Å²) in [5.41, 5.74) is 0.397. The van der Waals surface area contributed by atoms with Crippen LogP contribution in [0.2, 0.25) is 0 Å². The predicted molar refractivity (Wildman–Crippen MR) is 171 cm³/mol. The molecule has 1 saturated heterocycles. The highest BCUT2D eigenvalue weighted by atomic mass is 19.3. The SMILES string of the molecule is O=C(CNC12CC3CC(CC(O)(C3)C1)C2)CC1CCC(Oc2cc(-n3c(C(F)F)nc4ccccc43)nc(N3CCOCC3)n2)CC1. The van der Waals surface area contributed by atoms with Crippen molar-refractivity contribution in [3.8, 4) is 11.7 Å². The Balaban J connectivity index is 0.927. The zero-order valence-corrected chi connectivity index (χ0v) is 26.8. The number of carbonyl (C=O) groups is 1. The molecule has 6 aliphatic rings. The number of morpholine rings is 1. The lowest BCUT2D eigenvalue weighted by Gasteiger charge is -2.60. The van der Waals surface area contributed by atoms with Gasteiger partial charge in [-0.05, 0) is 94.1 Å². The number of nitrogens with zero attached hydrogens (tertiary/aromatic N) is 5. The van der Waals surface area contributed by atoms with Crippen molar-refractivity contribution in [2.75, 3.05) is 37.7 Å². The number of nitrogens with one attached hydrogen (secondary N) is 1. The molecule has 0 radical (unpaired) electrons. The molecule has 2 atom stereocenters. The topological polar surface area (TPSA) is 115 Å². The van der Waals surface area contributed by atoms with Crippen molar-refractivity contribution in [3.05, 3.63) is 36.2 Å². The van der Waals surface area contributed by atoms with Crippen molar-refractivity contribution in [3.63, 3.8) is 0 Å². The number of para-hydroxylation sites is 2. The number of aromatic nitrogens is 4. The van der Waals surface area contributed by atoms with Gasteiger partial charge in [-0.1, -0.05) is 12.1 Å². The molecule has 1 aromatic carbocycles. The minimum Gasteiger partial charge on any atom is -0.474 e. The molecule has 9 rings (SSSR count). The summed E-state index contributed by atoms with van der Waals surface area (Å²) in [6.07, 6.45) is 7.01. The average molecular weight is 651 g/mol. The lowest BCUT2D eigenvalue weighted by molar-refractivity contribution is -0.144. The van der Waals surface area contributed by atoms with Crippen molar-refractivity contribution >= 4 is 22.8 Å². The fraction of sp³-hybridized carbons (Fsp3) is 0.657. The Labute approximate surface area is 273 Å². The Morgan fingerprint density at radius 3 is 2.51 bits per heavy atom. The third-order valence-corrected chi connectivity index (χ3v) is 11.3. The van der Waals surface area contributed by atoms with E-state index in [1.807, 2.05) is 4.90 Å². The van der Waals surface area contributed by atoms with Crippen LogP contribution in [0, 0.1) is 17.8 Å². The van der Waals surface area contributed by atoms with Gasteiger partial charge in [0.1, 0.15) is 17.7 Å². The van der Waals surface area contributed by atoms with Crippen LogP contribution in [0.3, 0.4) is 0 Å². The first kappa shape index (κ1) is 31.1. The summed E-state index contributed by atoms with van der Waals surface area (Å²) in [5.74, 6) is 2.39. The molecule has 1 aliphatic heterocycles. The average Bonchev–Trinajstić information content (AvgIpc) is 3.44. The molecule has 0 amide bonds. The number of ether oxygens (including phenoxy) is 2. The minimum absolute atomic E-state index is 0.0739. The number of carbonyl (C=O) groups excluding carboxylic acids is 1. The second-order valence-corrected chi connectivity index (χ2v) is 14.9. The van der Waals surface area contributed by atoms with Crippen LogP contribution in [0.15, 0.2) is 30.3 Å². The molecule has 2 unspecified atom stereocenters. The number of fused-ring (bicyclic) bond motifs is 1. The lowest BCUT2D eigenvalue weighted by atomic mass is 9.51. The van der Waals surface area contributed by atoms with E-state index in [9.17, 15) is 18.7 Å². The van der Waals surface area contributed by atoms with Gasteiger partial charge >= 0.3 is 0 Å². The number of halogens is 2. The van der Waals surface area contributed by atoms with E-state index in [2.05, 4.69) is 10.3 Å². The summed E-state index contributed by atoms with van der Waals surface area (Å²) in [6, 6.07) is 8.68. The van der Waals surface area contributed by atoms with Gasteiger partial charge in [-0.15, -0.1) is 0 Å². The molecule has 12 heteroatoms. The number of anilines is 1. The standard InChI is InChI=1S/C35H44F2N6O4/c36-31(37)32-39-27-3-1-2-4-28(27)43(32)29-15-30(41-33(40-29)42-9-11-46-12-10-42)47-26-7-5-22(6-8-26)14-25(44)20-38-34-16-23-13-24(17-34)19-35(45,18-23)21-34/h1-4,15,22-24,26,31,38,45H,5-14,16-21H2. The number of ketones is 1. The number of Topliss-reactive ketones (excluding diaryl/α,β-unsaturated/α-hetero) is 1. The molecule has 6 fully saturated rings. The maximum atomic E-state index is 14.2. The summed E-state index contributed by atoms with van der Waals surface area (Å²) in [4.78, 5) is 28.8. The molecule has 2 aromatic heterocycles. The van der Waals surface area contributed by atoms with Crippen LogP contribution in [0.25, 0.3) is 16.9 Å². The van der Waals surface area contributed by atoms with Crippen molar-refractivity contribution in [2.45, 2.75) is 94.3 Å². The molecule has 5 aliphatic carbocycles.